The lowest BCUT2D eigenvalue weighted by molar-refractivity contribution is 0.121. The van der Waals surface area contributed by atoms with Gasteiger partial charge in [0.2, 0.25) is 5.95 Å². The Balaban J connectivity index is 1.27. The minimum Gasteiger partial charge on any atom is -0.333 e. The van der Waals surface area contributed by atoms with Crippen molar-refractivity contribution in [2.75, 3.05) is 45.1 Å². The van der Waals surface area contributed by atoms with Crippen molar-refractivity contribution in [3.8, 4) is 11.4 Å². The van der Waals surface area contributed by atoms with Crippen LogP contribution in [-0.4, -0.2) is 95.2 Å². The van der Waals surface area contributed by atoms with Gasteiger partial charge in [-0.25, -0.2) is 14.4 Å². The van der Waals surface area contributed by atoms with Gasteiger partial charge in [0, 0.05) is 67.5 Å². The van der Waals surface area contributed by atoms with E-state index in [-0.39, 0.29) is 40.7 Å². The zero-order valence-corrected chi connectivity index (χ0v) is 26.9. The second-order valence-corrected chi connectivity index (χ2v) is 14.1. The molecule has 3 aromatic heterocycles. The number of imidazole rings is 1. The van der Waals surface area contributed by atoms with Gasteiger partial charge in [-0.15, -0.1) is 0 Å². The van der Waals surface area contributed by atoms with Crippen molar-refractivity contribution < 1.29 is 8.60 Å². The van der Waals surface area contributed by atoms with Crippen LogP contribution in [0.25, 0.3) is 22.4 Å². The average Bonchev–Trinajstić information content (AvgIpc) is 3.38. The molecule has 11 nitrogen and oxygen atoms in total. The summed E-state index contributed by atoms with van der Waals surface area (Å²) in [5, 5.41) is 7.73. The van der Waals surface area contributed by atoms with Gasteiger partial charge in [0.05, 0.1) is 22.4 Å². The van der Waals surface area contributed by atoms with Crippen molar-refractivity contribution in [3.05, 3.63) is 52.5 Å². The molecule has 3 atom stereocenters. The molecule has 0 amide bonds. The minimum absolute atomic E-state index is 0.0521. The van der Waals surface area contributed by atoms with Crippen LogP contribution in [0.4, 0.5) is 10.3 Å². The van der Waals surface area contributed by atoms with Gasteiger partial charge < -0.3 is 20.1 Å². The van der Waals surface area contributed by atoms with Crippen molar-refractivity contribution in [1.29, 1.82) is 0 Å². The first-order valence-electron chi connectivity index (χ1n) is 15.5. The molecule has 1 aliphatic carbocycles. The second-order valence-electron chi connectivity index (χ2n) is 12.5. The Labute approximate surface area is 259 Å². The van der Waals surface area contributed by atoms with Gasteiger partial charge in [-0.3, -0.25) is 18.5 Å². The number of likely N-dealkylation sites (tertiary alicyclic amines) is 1. The van der Waals surface area contributed by atoms with Crippen LogP contribution in [0.1, 0.15) is 46.1 Å². The summed E-state index contributed by atoms with van der Waals surface area (Å²) < 4.78 is 32.0. The number of aromatic nitrogens is 5. The van der Waals surface area contributed by atoms with Crippen LogP contribution in [0.3, 0.4) is 0 Å². The largest absolute Gasteiger partial charge is 0.333 e. The summed E-state index contributed by atoms with van der Waals surface area (Å²) in [5.41, 5.74) is 1.23. The van der Waals surface area contributed by atoms with Gasteiger partial charge >= 0.3 is 0 Å². The van der Waals surface area contributed by atoms with Crippen LogP contribution in [0, 0.1) is 0 Å². The van der Waals surface area contributed by atoms with E-state index in [1.54, 1.807) is 27.6 Å². The molecule has 2 saturated heterocycles. The van der Waals surface area contributed by atoms with E-state index in [4.69, 9.17) is 9.97 Å². The average molecular weight is 624 g/mol. The first kappa shape index (κ1) is 30.8. The summed E-state index contributed by atoms with van der Waals surface area (Å²) >= 11 is 0. The van der Waals surface area contributed by atoms with Gasteiger partial charge in [-0.05, 0) is 72.3 Å². The number of pyridine rings is 1. The molecule has 0 bridgehead atoms. The van der Waals surface area contributed by atoms with Crippen LogP contribution in [0.5, 0.6) is 0 Å². The van der Waals surface area contributed by atoms with Crippen LogP contribution < -0.4 is 16.2 Å². The lowest BCUT2D eigenvalue weighted by Crippen LogP contribution is -2.54. The Morgan fingerprint density at radius 2 is 1.93 bits per heavy atom. The number of rotatable bonds is 7. The van der Waals surface area contributed by atoms with Crippen molar-refractivity contribution >= 4 is 27.8 Å². The van der Waals surface area contributed by atoms with E-state index in [1.165, 1.54) is 6.08 Å². The number of aryl methyl sites for hydroxylation is 1. The van der Waals surface area contributed by atoms with E-state index in [9.17, 15) is 9.00 Å². The Morgan fingerprint density at radius 1 is 1.16 bits per heavy atom. The SMILES string of the molecule is CC1CNCCN1C1CC=C(Nc2ncc3cc(-c4nc(S(=O)C5CCN(C)CC5)cn4C)c(=O)n(C(C)C)c3n2)C=C1F. The predicted octanol–water partition coefficient (Wildman–Crippen LogP) is 3.19. The molecule has 0 saturated carbocycles. The van der Waals surface area contributed by atoms with Gasteiger partial charge in [0.25, 0.3) is 5.56 Å². The van der Waals surface area contributed by atoms with E-state index >= 15 is 4.39 Å². The van der Waals surface area contributed by atoms with E-state index in [0.717, 1.165) is 45.6 Å². The highest BCUT2D eigenvalue weighted by Crippen LogP contribution is 2.28. The zero-order valence-electron chi connectivity index (χ0n) is 26.1. The van der Waals surface area contributed by atoms with Crippen molar-refractivity contribution in [1.82, 2.24) is 39.2 Å². The molecule has 2 fully saturated rings. The molecule has 3 unspecified atom stereocenters. The topological polar surface area (TPSA) is 113 Å². The maximum atomic E-state index is 15.2. The molecule has 0 spiro atoms. The maximum absolute atomic E-state index is 15.2. The number of allylic oxidation sites excluding steroid dienone is 1. The van der Waals surface area contributed by atoms with Crippen LogP contribution in [0.2, 0.25) is 0 Å². The molecule has 2 aliphatic heterocycles. The summed E-state index contributed by atoms with van der Waals surface area (Å²) in [7, 11) is 2.65. The van der Waals surface area contributed by atoms with Crippen molar-refractivity contribution in [2.24, 2.45) is 7.05 Å². The second kappa shape index (κ2) is 12.6. The first-order chi connectivity index (χ1) is 21.1. The Kier molecular flexibility index (Phi) is 8.82. The molecule has 236 valence electrons. The molecule has 0 radical (unpaired) electrons. The van der Waals surface area contributed by atoms with E-state index in [2.05, 4.69) is 39.4 Å². The van der Waals surface area contributed by atoms with Crippen LogP contribution in [0.15, 0.2) is 52.0 Å². The lowest BCUT2D eigenvalue weighted by Gasteiger charge is -2.40. The first-order valence-corrected chi connectivity index (χ1v) is 16.7. The fraction of sp³-hybridized carbons (Fsp3) is 0.548. The quantitative estimate of drug-likeness (QED) is 0.410. The van der Waals surface area contributed by atoms with Gasteiger partial charge in [-0.2, -0.15) is 4.98 Å². The van der Waals surface area contributed by atoms with Gasteiger partial charge in [0.1, 0.15) is 22.3 Å². The highest BCUT2D eigenvalue weighted by atomic mass is 32.2. The molecule has 0 aromatic carbocycles. The molecule has 13 heteroatoms. The number of hydrogen-bond acceptors (Lipinski definition) is 9. The molecule has 6 rings (SSSR count). The Hall–Kier alpha value is -3.26. The van der Waals surface area contributed by atoms with Crippen molar-refractivity contribution in [3.63, 3.8) is 0 Å². The molecule has 5 heterocycles. The fourth-order valence-corrected chi connectivity index (χ4v) is 7.88. The van der Waals surface area contributed by atoms with Crippen molar-refractivity contribution in [2.45, 2.75) is 68.4 Å². The molecule has 3 aliphatic rings. The smallest absolute Gasteiger partial charge is 0.263 e. The molecular weight excluding hydrogens is 581 g/mol. The summed E-state index contributed by atoms with van der Waals surface area (Å²) in [6.07, 6.45) is 9.20. The van der Waals surface area contributed by atoms with Crippen LogP contribution >= 0.6 is 0 Å². The third-order valence-electron chi connectivity index (χ3n) is 8.94. The highest BCUT2D eigenvalue weighted by molar-refractivity contribution is 7.85. The number of nitrogens with zero attached hydrogens (tertiary/aromatic N) is 7. The summed E-state index contributed by atoms with van der Waals surface area (Å²) in [4.78, 5) is 32.3. The number of fused-ring (bicyclic) bond motifs is 1. The Morgan fingerprint density at radius 3 is 2.64 bits per heavy atom. The lowest BCUT2D eigenvalue weighted by atomic mass is 10.0. The standard InChI is InChI=1S/C31H42FN9O2S/c1-19(2)41-28-21(14-24(30(41)42)29-36-27(18-39(29)5)44(43)23-8-11-38(4)12-9-23)17-34-31(37-28)35-22-6-7-26(25(32)15-22)40-13-10-33-16-20(40)3/h6,14-15,17-20,23,26,33H,7-13,16H2,1-5H3,(H,34,35,37). The summed E-state index contributed by atoms with van der Waals surface area (Å²) in [5.74, 6) is 0.571. The number of piperazine rings is 1. The molecule has 2 N–H and O–H groups in total. The van der Waals surface area contributed by atoms with Gasteiger partial charge in [-0.1, -0.05) is 6.08 Å². The van der Waals surface area contributed by atoms with E-state index in [1.807, 2.05) is 27.0 Å². The highest BCUT2D eigenvalue weighted by Gasteiger charge is 2.31. The predicted molar refractivity (Wildman–Crippen MR) is 172 cm³/mol. The Bertz CT molecular complexity index is 1690. The number of nitrogens with one attached hydrogen (secondary N) is 2. The van der Waals surface area contributed by atoms with E-state index < -0.39 is 10.8 Å². The third kappa shape index (κ3) is 6.02. The molecule has 3 aromatic rings. The number of piperidine rings is 1. The van der Waals surface area contributed by atoms with E-state index in [0.29, 0.717) is 39.6 Å². The zero-order chi connectivity index (χ0) is 31.1. The normalized spacial score (nSPS) is 23.2. The number of halogens is 1. The number of hydrogen-bond donors (Lipinski definition) is 2. The van der Waals surface area contributed by atoms with Crippen LogP contribution in [-0.2, 0) is 17.8 Å². The monoisotopic (exact) mass is 623 g/mol. The fourth-order valence-electron chi connectivity index (χ4n) is 6.46. The summed E-state index contributed by atoms with van der Waals surface area (Å²) in [6.45, 7) is 10.3. The number of anilines is 1. The third-order valence-corrected chi connectivity index (χ3v) is 10.6. The maximum Gasteiger partial charge on any atom is 0.263 e. The molecule has 44 heavy (non-hydrogen) atoms. The minimum atomic E-state index is -1.25. The summed E-state index contributed by atoms with van der Waals surface area (Å²) in [6, 6.07) is 1.54. The van der Waals surface area contributed by atoms with Gasteiger partial charge in [0.15, 0.2) is 0 Å². The molecular formula is C31H42FN9O2S.